The molecule has 0 aromatic heterocycles. The van der Waals surface area contributed by atoms with Gasteiger partial charge in [0, 0.05) is 0 Å². The van der Waals surface area contributed by atoms with Crippen LogP contribution in [0.15, 0.2) is 17.0 Å². The van der Waals surface area contributed by atoms with E-state index in [4.69, 9.17) is 4.74 Å². The second kappa shape index (κ2) is 4.07. The van der Waals surface area contributed by atoms with Crippen molar-refractivity contribution in [1.29, 1.82) is 0 Å². The van der Waals surface area contributed by atoms with Gasteiger partial charge in [0.1, 0.15) is 5.75 Å². The van der Waals surface area contributed by atoms with Crippen molar-refractivity contribution in [3.05, 3.63) is 17.7 Å². The van der Waals surface area contributed by atoms with Crippen LogP contribution in [0.2, 0.25) is 0 Å². The Morgan fingerprint density at radius 3 is 2.76 bits per heavy atom. The standard InChI is InChI=1S/C12H13NO3S/c1-7(15)10-8(13-6-14)4-5-9-11(10)17-12(2,3)16-9/h4-6H,1-3H3,(H,13,14). The molecule has 0 atom stereocenters. The van der Waals surface area contributed by atoms with Crippen LogP contribution in [0.1, 0.15) is 31.1 Å². The molecule has 1 aliphatic heterocycles. The van der Waals surface area contributed by atoms with E-state index in [1.807, 2.05) is 13.8 Å². The summed E-state index contributed by atoms with van der Waals surface area (Å²) >= 11 is 1.49. The number of ketones is 1. The zero-order valence-electron chi connectivity index (χ0n) is 9.87. The molecule has 90 valence electrons. The maximum atomic E-state index is 11.7. The number of rotatable bonds is 3. The van der Waals surface area contributed by atoms with Gasteiger partial charge in [-0.1, -0.05) is 11.8 Å². The van der Waals surface area contributed by atoms with Gasteiger partial charge in [-0.15, -0.1) is 0 Å². The fraction of sp³-hybridized carbons (Fsp3) is 0.333. The molecule has 1 N–H and O–H groups in total. The molecule has 0 aliphatic carbocycles. The summed E-state index contributed by atoms with van der Waals surface area (Å²) in [5.41, 5.74) is 1.05. The van der Waals surface area contributed by atoms with Crippen LogP contribution in [0.3, 0.4) is 0 Å². The molecule has 17 heavy (non-hydrogen) atoms. The average molecular weight is 251 g/mol. The lowest BCUT2D eigenvalue weighted by molar-refractivity contribution is -0.105. The summed E-state index contributed by atoms with van der Waals surface area (Å²) in [7, 11) is 0. The van der Waals surface area contributed by atoms with Crippen molar-refractivity contribution in [1.82, 2.24) is 0 Å². The highest BCUT2D eigenvalue weighted by Gasteiger charge is 2.34. The van der Waals surface area contributed by atoms with Crippen molar-refractivity contribution in [2.24, 2.45) is 0 Å². The molecule has 0 fully saturated rings. The Balaban J connectivity index is 2.57. The van der Waals surface area contributed by atoms with Gasteiger partial charge in [0.2, 0.25) is 6.41 Å². The average Bonchev–Trinajstić information content (AvgIpc) is 2.51. The highest BCUT2D eigenvalue weighted by molar-refractivity contribution is 8.00. The van der Waals surface area contributed by atoms with Crippen molar-refractivity contribution in [3.8, 4) is 5.75 Å². The van der Waals surface area contributed by atoms with Gasteiger partial charge in [-0.25, -0.2) is 0 Å². The zero-order chi connectivity index (χ0) is 12.6. The van der Waals surface area contributed by atoms with E-state index >= 15 is 0 Å². The minimum atomic E-state index is -0.383. The van der Waals surface area contributed by atoms with Crippen LogP contribution >= 0.6 is 11.8 Å². The molecule has 0 spiro atoms. The number of carbonyl (C=O) groups is 2. The topological polar surface area (TPSA) is 55.4 Å². The van der Waals surface area contributed by atoms with E-state index < -0.39 is 0 Å². The first kappa shape index (κ1) is 12.0. The first-order valence-corrected chi connectivity index (χ1v) is 6.02. The quantitative estimate of drug-likeness (QED) is 0.663. The predicted molar refractivity (Wildman–Crippen MR) is 66.7 cm³/mol. The Morgan fingerprint density at radius 1 is 1.47 bits per heavy atom. The molecule has 1 aromatic carbocycles. The fourth-order valence-electron chi connectivity index (χ4n) is 1.81. The summed E-state index contributed by atoms with van der Waals surface area (Å²) in [4.78, 5) is 22.6. The molecule has 0 saturated heterocycles. The highest BCUT2D eigenvalue weighted by Crippen LogP contribution is 2.50. The minimum absolute atomic E-state index is 0.0833. The van der Waals surface area contributed by atoms with Crippen LogP contribution in [-0.2, 0) is 4.79 Å². The summed E-state index contributed by atoms with van der Waals surface area (Å²) in [5.74, 6) is 0.613. The third kappa shape index (κ3) is 2.15. The van der Waals surface area contributed by atoms with Gasteiger partial charge in [-0.3, -0.25) is 9.59 Å². The number of thioether (sulfide) groups is 1. The van der Waals surface area contributed by atoms with Crippen molar-refractivity contribution < 1.29 is 14.3 Å². The summed E-state index contributed by atoms with van der Waals surface area (Å²) in [5, 5.41) is 2.54. The van der Waals surface area contributed by atoms with E-state index in [9.17, 15) is 9.59 Å². The van der Waals surface area contributed by atoms with E-state index in [0.29, 0.717) is 23.4 Å². The summed E-state index contributed by atoms with van der Waals surface area (Å²) < 4.78 is 5.71. The number of carbonyl (C=O) groups excluding carboxylic acids is 2. The Morgan fingerprint density at radius 2 is 2.18 bits per heavy atom. The molecule has 1 amide bonds. The van der Waals surface area contributed by atoms with Crippen molar-refractivity contribution >= 4 is 29.6 Å². The number of nitrogens with one attached hydrogen (secondary N) is 1. The molecular weight excluding hydrogens is 238 g/mol. The Kier molecular flexibility index (Phi) is 2.87. The summed E-state index contributed by atoms with van der Waals surface area (Å²) in [6.45, 7) is 5.36. The normalized spacial score (nSPS) is 15.9. The van der Waals surface area contributed by atoms with Crippen molar-refractivity contribution in [2.75, 3.05) is 5.32 Å². The Bertz CT molecular complexity index is 497. The number of ether oxygens (including phenoxy) is 1. The van der Waals surface area contributed by atoms with Gasteiger partial charge in [0.25, 0.3) is 0 Å². The van der Waals surface area contributed by atoms with Gasteiger partial charge in [-0.05, 0) is 32.9 Å². The highest BCUT2D eigenvalue weighted by atomic mass is 32.2. The maximum absolute atomic E-state index is 11.7. The smallest absolute Gasteiger partial charge is 0.211 e. The Hall–Kier alpha value is -1.49. The van der Waals surface area contributed by atoms with Gasteiger partial charge < -0.3 is 10.1 Å². The molecule has 0 unspecified atom stereocenters. The second-order valence-corrected chi connectivity index (χ2v) is 5.83. The zero-order valence-corrected chi connectivity index (χ0v) is 10.7. The fourth-order valence-corrected chi connectivity index (χ4v) is 3.00. The first-order chi connectivity index (χ1) is 7.94. The number of anilines is 1. The third-order valence-electron chi connectivity index (χ3n) is 2.39. The molecule has 1 heterocycles. The number of fused-ring (bicyclic) bond motifs is 1. The van der Waals surface area contributed by atoms with E-state index in [1.54, 1.807) is 12.1 Å². The number of Topliss-reactive ketones (excluding diaryl/α,β-unsaturated/α-hetero) is 1. The maximum Gasteiger partial charge on any atom is 0.211 e. The molecule has 0 radical (unpaired) electrons. The summed E-state index contributed by atoms with van der Waals surface area (Å²) in [6.07, 6.45) is 0.569. The minimum Gasteiger partial charge on any atom is -0.476 e. The lowest BCUT2D eigenvalue weighted by atomic mass is 10.1. The lowest BCUT2D eigenvalue weighted by Gasteiger charge is -2.15. The molecule has 5 heteroatoms. The van der Waals surface area contributed by atoms with E-state index in [1.165, 1.54) is 18.7 Å². The SMILES string of the molecule is CC(=O)c1c(NC=O)ccc2c1SC(C)(C)O2. The number of benzene rings is 1. The summed E-state index contributed by atoms with van der Waals surface area (Å²) in [6, 6.07) is 3.46. The number of hydrogen-bond acceptors (Lipinski definition) is 4. The van der Waals surface area contributed by atoms with Crippen LogP contribution in [0.5, 0.6) is 5.75 Å². The molecular formula is C12H13NO3S. The van der Waals surface area contributed by atoms with Crippen LogP contribution < -0.4 is 10.1 Å². The molecule has 0 saturated carbocycles. The van der Waals surface area contributed by atoms with Crippen LogP contribution in [0, 0.1) is 0 Å². The third-order valence-corrected chi connectivity index (χ3v) is 3.58. The molecule has 0 bridgehead atoms. The second-order valence-electron chi connectivity index (χ2n) is 4.24. The molecule has 2 rings (SSSR count). The number of hydrogen-bond donors (Lipinski definition) is 1. The molecule has 1 aliphatic rings. The molecule has 4 nitrogen and oxygen atoms in total. The van der Waals surface area contributed by atoms with E-state index in [2.05, 4.69) is 5.32 Å². The van der Waals surface area contributed by atoms with Gasteiger partial charge in [0.15, 0.2) is 10.7 Å². The largest absolute Gasteiger partial charge is 0.476 e. The first-order valence-electron chi connectivity index (χ1n) is 5.21. The van der Waals surface area contributed by atoms with Crippen molar-refractivity contribution in [2.45, 2.75) is 30.6 Å². The van der Waals surface area contributed by atoms with Gasteiger partial charge >= 0.3 is 0 Å². The predicted octanol–water partition coefficient (Wildman–Crippen LogP) is 2.68. The van der Waals surface area contributed by atoms with Gasteiger partial charge in [0.05, 0.1) is 16.1 Å². The van der Waals surface area contributed by atoms with Gasteiger partial charge in [-0.2, -0.15) is 0 Å². The van der Waals surface area contributed by atoms with E-state index in [0.717, 1.165) is 4.90 Å². The van der Waals surface area contributed by atoms with E-state index in [-0.39, 0.29) is 10.7 Å². The Labute approximate surface area is 104 Å². The monoisotopic (exact) mass is 251 g/mol. The van der Waals surface area contributed by atoms with Crippen molar-refractivity contribution in [3.63, 3.8) is 0 Å². The van der Waals surface area contributed by atoms with Crippen LogP contribution in [-0.4, -0.2) is 17.1 Å². The van der Waals surface area contributed by atoms with Crippen LogP contribution in [0.4, 0.5) is 5.69 Å². The lowest BCUT2D eigenvalue weighted by Crippen LogP contribution is -2.17. The van der Waals surface area contributed by atoms with Crippen LogP contribution in [0.25, 0.3) is 0 Å². The molecule has 1 aromatic rings. The number of amides is 1.